The van der Waals surface area contributed by atoms with E-state index in [4.69, 9.17) is 5.11 Å². The van der Waals surface area contributed by atoms with E-state index >= 15 is 0 Å². The Morgan fingerprint density at radius 2 is 1.81 bits per heavy atom. The number of aliphatic hydroxyl groups is 1. The summed E-state index contributed by atoms with van der Waals surface area (Å²) in [4.78, 5) is 18.1. The van der Waals surface area contributed by atoms with Crippen LogP contribution in [0.5, 0.6) is 0 Å². The summed E-state index contributed by atoms with van der Waals surface area (Å²) in [6.45, 7) is 2.24. The minimum Gasteiger partial charge on any atom is -0.395 e. The van der Waals surface area contributed by atoms with Gasteiger partial charge in [0.15, 0.2) is 0 Å². The number of hydrogen-bond donors (Lipinski definition) is 3. The zero-order valence-corrected chi connectivity index (χ0v) is 21.7. The van der Waals surface area contributed by atoms with Crippen LogP contribution in [0, 0.1) is 5.41 Å². The number of carbonyl (C=O) groups excluding carboxylic acids is 1. The lowest BCUT2D eigenvalue weighted by Crippen LogP contribution is -2.35. The van der Waals surface area contributed by atoms with Gasteiger partial charge in [0.05, 0.1) is 29.3 Å². The molecule has 36 heavy (non-hydrogen) atoms. The third kappa shape index (κ3) is 5.32. The number of nitrogens with zero attached hydrogens (tertiary/aromatic N) is 2. The molecule has 1 amide bonds. The number of amides is 1. The van der Waals surface area contributed by atoms with Gasteiger partial charge in [0.1, 0.15) is 0 Å². The molecule has 0 unspecified atom stereocenters. The second-order valence-corrected chi connectivity index (χ2v) is 12.3. The summed E-state index contributed by atoms with van der Waals surface area (Å²) < 4.78 is 27.1. The summed E-state index contributed by atoms with van der Waals surface area (Å²) in [6, 6.07) is 11.1. The van der Waals surface area contributed by atoms with Crippen LogP contribution in [0.4, 0.5) is 22.7 Å². The molecule has 1 saturated heterocycles. The van der Waals surface area contributed by atoms with Crippen LogP contribution in [0.25, 0.3) is 0 Å². The summed E-state index contributed by atoms with van der Waals surface area (Å²) in [5.41, 5.74) is 5.31. The molecule has 0 atom stereocenters. The number of benzene rings is 2. The molecule has 2 aromatic rings. The molecule has 0 radical (unpaired) electrons. The number of carbonyl (C=O) groups is 1. The van der Waals surface area contributed by atoms with Crippen molar-refractivity contribution in [1.29, 1.82) is 0 Å². The molecule has 3 aliphatic rings. The molecule has 3 N–H and O–H groups in total. The van der Waals surface area contributed by atoms with E-state index in [-0.39, 0.29) is 11.7 Å². The predicted molar refractivity (Wildman–Crippen MR) is 145 cm³/mol. The number of nitrogens with one attached hydrogen (secondary N) is 2. The Morgan fingerprint density at radius 1 is 1.03 bits per heavy atom. The Balaban J connectivity index is 1.44. The lowest BCUT2D eigenvalue weighted by atomic mass is 9.93. The molecule has 194 valence electrons. The second kappa shape index (κ2) is 9.94. The first-order valence-corrected chi connectivity index (χ1v) is 14.6. The van der Waals surface area contributed by atoms with E-state index in [1.54, 1.807) is 18.2 Å². The van der Waals surface area contributed by atoms with Gasteiger partial charge in [0.2, 0.25) is 10.0 Å². The highest BCUT2D eigenvalue weighted by Gasteiger charge is 2.44. The summed E-state index contributed by atoms with van der Waals surface area (Å²) >= 11 is 0. The summed E-state index contributed by atoms with van der Waals surface area (Å²) in [7, 11) is -1.57. The lowest BCUT2D eigenvalue weighted by molar-refractivity contribution is 0.102. The quantitative estimate of drug-likeness (QED) is 0.521. The van der Waals surface area contributed by atoms with E-state index in [1.807, 2.05) is 12.1 Å². The first kappa shape index (κ1) is 24.9. The monoisotopic (exact) mass is 512 g/mol. The van der Waals surface area contributed by atoms with Gasteiger partial charge in [0.25, 0.3) is 5.91 Å². The van der Waals surface area contributed by atoms with Crippen LogP contribution >= 0.6 is 0 Å². The van der Waals surface area contributed by atoms with Gasteiger partial charge < -0.3 is 20.2 Å². The summed E-state index contributed by atoms with van der Waals surface area (Å²) in [5, 5.41) is 12.3. The minimum absolute atomic E-state index is 0.193. The van der Waals surface area contributed by atoms with Crippen molar-refractivity contribution in [3.05, 3.63) is 47.5 Å². The number of hydrogen-bond acceptors (Lipinski definition) is 6. The second-order valence-electron chi connectivity index (χ2n) is 10.5. The molecule has 8 nitrogen and oxygen atoms in total. The highest BCUT2D eigenvalue weighted by molar-refractivity contribution is 7.92. The van der Waals surface area contributed by atoms with Gasteiger partial charge in [0, 0.05) is 38.1 Å². The van der Waals surface area contributed by atoms with Gasteiger partial charge in [-0.3, -0.25) is 9.52 Å². The van der Waals surface area contributed by atoms with E-state index in [0.717, 1.165) is 74.4 Å². The molecular weight excluding hydrogens is 476 g/mol. The molecule has 2 aromatic carbocycles. The van der Waals surface area contributed by atoms with E-state index in [0.29, 0.717) is 16.7 Å². The van der Waals surface area contributed by atoms with Crippen LogP contribution in [0.3, 0.4) is 0 Å². The molecular formula is C27H36N4O4S. The highest BCUT2D eigenvalue weighted by Crippen LogP contribution is 2.54. The highest BCUT2D eigenvalue weighted by atomic mass is 32.2. The SMILES string of the molecule is CN1CCCCc2c(NC(=O)c3ccc(NS(=O)(=O)CCO)cc3N3CCC4(CC3)CC4)cccc21. The van der Waals surface area contributed by atoms with Crippen molar-refractivity contribution in [1.82, 2.24) is 0 Å². The first-order chi connectivity index (χ1) is 17.3. The number of anilines is 4. The minimum atomic E-state index is -3.67. The van der Waals surface area contributed by atoms with Crippen molar-refractivity contribution in [2.75, 3.05) is 58.9 Å². The fourth-order valence-corrected chi connectivity index (χ4v) is 6.40. The normalized spacial score (nSPS) is 18.9. The smallest absolute Gasteiger partial charge is 0.257 e. The Hall–Kier alpha value is -2.78. The lowest BCUT2D eigenvalue weighted by Gasteiger charge is -2.35. The molecule has 1 aliphatic carbocycles. The van der Waals surface area contributed by atoms with Crippen molar-refractivity contribution in [2.45, 2.75) is 44.9 Å². The topological polar surface area (TPSA) is 102 Å². The maximum absolute atomic E-state index is 13.6. The van der Waals surface area contributed by atoms with Crippen LogP contribution in [0.1, 0.15) is 54.4 Å². The van der Waals surface area contributed by atoms with Gasteiger partial charge in [-0.15, -0.1) is 0 Å². The maximum Gasteiger partial charge on any atom is 0.257 e. The van der Waals surface area contributed by atoms with Gasteiger partial charge in [-0.25, -0.2) is 8.42 Å². The number of fused-ring (bicyclic) bond motifs is 1. The molecule has 2 heterocycles. The van der Waals surface area contributed by atoms with Crippen LogP contribution in [-0.4, -0.2) is 58.5 Å². The zero-order valence-electron chi connectivity index (χ0n) is 20.9. The molecule has 9 heteroatoms. The van der Waals surface area contributed by atoms with Crippen LogP contribution < -0.4 is 19.8 Å². The van der Waals surface area contributed by atoms with E-state index in [1.165, 1.54) is 12.8 Å². The van der Waals surface area contributed by atoms with Crippen molar-refractivity contribution in [2.24, 2.45) is 5.41 Å². The molecule has 1 saturated carbocycles. The summed E-state index contributed by atoms with van der Waals surface area (Å²) in [6.07, 6.45) is 7.86. The largest absolute Gasteiger partial charge is 0.395 e. The zero-order chi connectivity index (χ0) is 25.3. The molecule has 2 fully saturated rings. The maximum atomic E-state index is 13.6. The van der Waals surface area contributed by atoms with Crippen molar-refractivity contribution in [3.8, 4) is 0 Å². The van der Waals surface area contributed by atoms with E-state index in [9.17, 15) is 13.2 Å². The average Bonchev–Trinajstić information content (AvgIpc) is 3.63. The third-order valence-electron chi connectivity index (χ3n) is 7.98. The van der Waals surface area contributed by atoms with Gasteiger partial charge in [-0.05, 0) is 86.3 Å². The average molecular weight is 513 g/mol. The number of aliphatic hydroxyl groups excluding tert-OH is 1. The van der Waals surface area contributed by atoms with Crippen molar-refractivity contribution >= 4 is 38.7 Å². The van der Waals surface area contributed by atoms with Crippen LogP contribution in [0.15, 0.2) is 36.4 Å². The van der Waals surface area contributed by atoms with E-state index < -0.39 is 16.6 Å². The van der Waals surface area contributed by atoms with Gasteiger partial charge in [-0.2, -0.15) is 0 Å². The molecule has 1 spiro atoms. The Labute approximate surface area is 213 Å². The fraction of sp³-hybridized carbons (Fsp3) is 0.519. The molecule has 0 aromatic heterocycles. The molecule has 2 aliphatic heterocycles. The third-order valence-corrected chi connectivity index (χ3v) is 9.25. The van der Waals surface area contributed by atoms with E-state index in [2.05, 4.69) is 33.0 Å². The molecule has 5 rings (SSSR count). The van der Waals surface area contributed by atoms with Crippen molar-refractivity contribution in [3.63, 3.8) is 0 Å². The Morgan fingerprint density at radius 3 is 2.53 bits per heavy atom. The van der Waals surface area contributed by atoms with Gasteiger partial charge in [-0.1, -0.05) is 6.07 Å². The number of rotatable bonds is 7. The standard InChI is InChI=1S/C27H36N4O4S/c1-30-14-3-2-5-21-23(6-4-7-24(21)30)28-26(33)22-9-8-20(29-36(34,35)18-17-32)19-25(22)31-15-12-27(10-11-27)13-16-31/h4,6-9,19,29,32H,2-3,5,10-18H2,1H3,(H,28,33). The van der Waals surface area contributed by atoms with Gasteiger partial charge >= 0.3 is 0 Å². The first-order valence-electron chi connectivity index (χ1n) is 12.9. The Kier molecular flexibility index (Phi) is 6.87. The Bertz CT molecular complexity index is 1230. The fourth-order valence-electron chi connectivity index (χ4n) is 5.57. The number of sulfonamides is 1. The molecule has 0 bridgehead atoms. The number of piperidine rings is 1. The van der Waals surface area contributed by atoms with Crippen LogP contribution in [-0.2, 0) is 16.4 Å². The van der Waals surface area contributed by atoms with Crippen LogP contribution in [0.2, 0.25) is 0 Å². The summed E-state index contributed by atoms with van der Waals surface area (Å²) in [5.74, 6) is -0.563. The van der Waals surface area contributed by atoms with Crippen molar-refractivity contribution < 1.29 is 18.3 Å². The predicted octanol–water partition coefficient (Wildman–Crippen LogP) is 3.83.